The molecule has 1 aliphatic rings. The first-order valence-corrected chi connectivity index (χ1v) is 10.0. The van der Waals surface area contributed by atoms with Gasteiger partial charge in [0.15, 0.2) is 11.5 Å². The number of aliphatic hydroxyl groups excluding tert-OH is 1. The second kappa shape index (κ2) is 7.88. The lowest BCUT2D eigenvalue weighted by Crippen LogP contribution is -2.37. The molecule has 12 heteroatoms. The van der Waals surface area contributed by atoms with Gasteiger partial charge < -0.3 is 20.9 Å². The van der Waals surface area contributed by atoms with Crippen molar-refractivity contribution in [3.63, 3.8) is 0 Å². The molecular weight excluding hydrogens is 379 g/mol. The maximum atomic E-state index is 13.4. The molecule has 0 saturated heterocycles. The van der Waals surface area contributed by atoms with Crippen LogP contribution in [0, 0.1) is 10.6 Å². The van der Waals surface area contributed by atoms with Gasteiger partial charge in [0.25, 0.3) is 0 Å². The predicted molar refractivity (Wildman–Crippen MR) is 94.8 cm³/mol. The van der Waals surface area contributed by atoms with E-state index in [9.17, 15) is 13.8 Å². The van der Waals surface area contributed by atoms with Crippen LogP contribution in [-0.4, -0.2) is 55.3 Å². The Hall–Kier alpha value is -2.73. The Labute approximate surface area is 154 Å². The molecule has 2 atom stereocenters. The second-order valence-electron chi connectivity index (χ2n) is 6.02. The molecule has 5 N–H and O–H groups in total. The summed E-state index contributed by atoms with van der Waals surface area (Å²) in [5, 5.41) is 34.4. The molecule has 0 radical (unpaired) electrons. The number of aliphatic hydroxyl groups is 1. The van der Waals surface area contributed by atoms with Crippen molar-refractivity contribution >= 4 is 21.4 Å². The minimum absolute atomic E-state index is 0.00579. The van der Waals surface area contributed by atoms with E-state index in [1.165, 1.54) is 12.1 Å². The molecule has 2 aromatic rings. The first-order chi connectivity index (χ1) is 12.9. The van der Waals surface area contributed by atoms with Gasteiger partial charge in [-0.3, -0.25) is 4.78 Å². The summed E-state index contributed by atoms with van der Waals surface area (Å²) in [5.41, 5.74) is 1.86. The van der Waals surface area contributed by atoms with E-state index >= 15 is 0 Å². The number of rotatable bonds is 8. The minimum Gasteiger partial charge on any atom is -0.409 e. The van der Waals surface area contributed by atoms with Crippen LogP contribution >= 0.6 is 0 Å². The predicted octanol–water partition coefficient (Wildman–Crippen LogP) is 0.682. The molecule has 2 unspecified atom stereocenters. The van der Waals surface area contributed by atoms with Gasteiger partial charge in [0.2, 0.25) is 5.82 Å². The summed E-state index contributed by atoms with van der Waals surface area (Å²) in [6.45, 7) is -0.201. The van der Waals surface area contributed by atoms with Crippen molar-refractivity contribution in [1.29, 1.82) is 4.78 Å². The van der Waals surface area contributed by atoms with Crippen LogP contribution in [0.5, 0.6) is 0 Å². The highest BCUT2D eigenvalue weighted by Gasteiger charge is 2.29. The largest absolute Gasteiger partial charge is 0.409 e. The maximum Gasteiger partial charge on any atom is 0.202 e. The normalized spacial score (nSPS) is 18.3. The van der Waals surface area contributed by atoms with E-state index in [0.29, 0.717) is 6.42 Å². The number of amidine groups is 1. The summed E-state index contributed by atoms with van der Waals surface area (Å²) < 4.78 is 37.5. The zero-order chi connectivity index (χ0) is 19.4. The molecule has 10 nitrogen and oxygen atoms in total. The molecule has 1 aromatic heterocycles. The Morgan fingerprint density at radius 1 is 1.44 bits per heavy atom. The number of nitrogens with one attached hydrogen (secondary N) is 3. The van der Waals surface area contributed by atoms with Gasteiger partial charge in [-0.05, 0) is 40.0 Å². The number of oxime groups is 1. The van der Waals surface area contributed by atoms with E-state index in [1.54, 1.807) is 6.07 Å². The van der Waals surface area contributed by atoms with Crippen LogP contribution in [-0.2, 0) is 16.1 Å². The van der Waals surface area contributed by atoms with Crippen molar-refractivity contribution in [3.05, 3.63) is 40.8 Å². The smallest absolute Gasteiger partial charge is 0.202 e. The van der Waals surface area contributed by atoms with Crippen molar-refractivity contribution in [2.45, 2.75) is 12.5 Å². The molecule has 0 fully saturated rings. The van der Waals surface area contributed by atoms with Gasteiger partial charge in [0.05, 0.1) is 18.4 Å². The molecule has 1 aliphatic carbocycles. The molecular formula is C15H19FN6O4S. The first-order valence-electron chi connectivity index (χ1n) is 8.12. The van der Waals surface area contributed by atoms with Crippen LogP contribution in [0.3, 0.4) is 0 Å². The van der Waals surface area contributed by atoms with Gasteiger partial charge in [-0.25, -0.2) is 13.2 Å². The summed E-state index contributed by atoms with van der Waals surface area (Å²) in [4.78, 5) is 0. The van der Waals surface area contributed by atoms with Crippen molar-refractivity contribution < 1.29 is 23.5 Å². The standard InChI is InChI=1S/C15H19FN6O4S/c16-10-2-1-9-7-12(11(9)8-10)19-15(20-24)13-14(22-26-21-13)18-3-5-27(17,25)6-4-23/h1-2,8,12,17,23-24H,3-7H2,(H,18,22)(H,19,20). The third kappa shape index (κ3) is 4.34. The molecule has 0 aliphatic heterocycles. The van der Waals surface area contributed by atoms with Gasteiger partial charge in [0, 0.05) is 22.0 Å². The number of anilines is 1. The van der Waals surface area contributed by atoms with Gasteiger partial charge >= 0.3 is 0 Å². The Kier molecular flexibility index (Phi) is 5.56. The zero-order valence-corrected chi connectivity index (χ0v) is 15.0. The van der Waals surface area contributed by atoms with Crippen molar-refractivity contribution in [2.24, 2.45) is 5.16 Å². The van der Waals surface area contributed by atoms with E-state index in [4.69, 9.17) is 9.89 Å². The number of halogens is 1. The number of benzene rings is 1. The monoisotopic (exact) mass is 398 g/mol. The molecule has 3 rings (SSSR count). The average molecular weight is 398 g/mol. The SMILES string of the molecule is N=S(=O)(CCO)CCNc1nonc1C(=NO)NC1Cc2ccc(F)cc21. The van der Waals surface area contributed by atoms with E-state index in [2.05, 4.69) is 30.7 Å². The fraction of sp³-hybridized carbons (Fsp3) is 0.400. The van der Waals surface area contributed by atoms with E-state index in [1.807, 2.05) is 0 Å². The summed E-state index contributed by atoms with van der Waals surface area (Å²) in [5.74, 6) is -0.334. The Balaban J connectivity index is 1.65. The fourth-order valence-corrected chi connectivity index (χ4v) is 3.69. The summed E-state index contributed by atoms with van der Waals surface area (Å²) in [6.07, 6.45) is 0.630. The lowest BCUT2D eigenvalue weighted by atomic mass is 9.83. The van der Waals surface area contributed by atoms with Gasteiger partial charge in [-0.2, -0.15) is 0 Å². The minimum atomic E-state index is -2.90. The summed E-state index contributed by atoms with van der Waals surface area (Å²) in [7, 11) is -2.90. The van der Waals surface area contributed by atoms with Crippen LogP contribution in [0.2, 0.25) is 0 Å². The highest BCUT2D eigenvalue weighted by atomic mass is 32.2. The van der Waals surface area contributed by atoms with Gasteiger partial charge in [-0.15, -0.1) is 0 Å². The van der Waals surface area contributed by atoms with Crippen LogP contribution in [0.25, 0.3) is 0 Å². The Bertz CT molecular complexity index is 946. The van der Waals surface area contributed by atoms with Crippen molar-refractivity contribution in [3.8, 4) is 0 Å². The fourth-order valence-electron chi connectivity index (χ4n) is 2.76. The lowest BCUT2D eigenvalue weighted by molar-refractivity contribution is 0.303. The zero-order valence-electron chi connectivity index (χ0n) is 14.2. The number of nitrogens with zero attached hydrogens (tertiary/aromatic N) is 3. The average Bonchev–Trinajstić information content (AvgIpc) is 3.06. The molecule has 146 valence electrons. The molecule has 0 bridgehead atoms. The van der Waals surface area contributed by atoms with Gasteiger partial charge in [0.1, 0.15) is 5.82 Å². The Morgan fingerprint density at radius 2 is 2.26 bits per heavy atom. The topological polar surface area (TPSA) is 157 Å². The van der Waals surface area contributed by atoms with Crippen molar-refractivity contribution in [1.82, 2.24) is 15.6 Å². The molecule has 27 heavy (non-hydrogen) atoms. The highest BCUT2D eigenvalue weighted by Crippen LogP contribution is 2.33. The third-order valence-corrected chi connectivity index (χ3v) is 5.88. The van der Waals surface area contributed by atoms with Crippen molar-refractivity contribution in [2.75, 3.05) is 30.0 Å². The number of fused-ring (bicyclic) bond motifs is 1. The summed E-state index contributed by atoms with van der Waals surface area (Å²) >= 11 is 0. The van der Waals surface area contributed by atoms with Gasteiger partial charge in [-0.1, -0.05) is 11.2 Å². The summed E-state index contributed by atoms with van der Waals surface area (Å²) in [6, 6.07) is 4.26. The van der Waals surface area contributed by atoms with E-state index in [0.717, 1.165) is 11.1 Å². The maximum absolute atomic E-state index is 13.4. The molecule has 1 aromatic carbocycles. The third-order valence-electron chi connectivity index (χ3n) is 4.18. The molecule has 0 spiro atoms. The number of hydrogen-bond donors (Lipinski definition) is 5. The second-order valence-corrected chi connectivity index (χ2v) is 8.46. The van der Waals surface area contributed by atoms with Crippen LogP contribution < -0.4 is 10.6 Å². The number of hydrogen-bond acceptors (Lipinski definition) is 9. The van der Waals surface area contributed by atoms with Crippen LogP contribution in [0.1, 0.15) is 22.9 Å². The molecule has 1 heterocycles. The lowest BCUT2D eigenvalue weighted by Gasteiger charge is -2.31. The van der Waals surface area contributed by atoms with E-state index < -0.39 is 9.73 Å². The quantitative estimate of drug-likeness (QED) is 0.188. The molecule has 0 amide bonds. The number of aromatic nitrogens is 2. The van der Waals surface area contributed by atoms with Crippen LogP contribution in [0.4, 0.5) is 10.2 Å². The highest BCUT2D eigenvalue weighted by molar-refractivity contribution is 7.92. The van der Waals surface area contributed by atoms with Crippen LogP contribution in [0.15, 0.2) is 28.0 Å². The Morgan fingerprint density at radius 3 is 3.00 bits per heavy atom. The molecule has 0 saturated carbocycles. The first kappa shape index (κ1) is 19.0. The van der Waals surface area contributed by atoms with E-state index in [-0.39, 0.29) is 53.9 Å².